The number of fused-ring (bicyclic) bond motifs is 1. The van der Waals surface area contributed by atoms with E-state index in [4.69, 9.17) is 4.74 Å². The van der Waals surface area contributed by atoms with E-state index >= 15 is 0 Å². The number of imidazole rings is 1. The minimum absolute atomic E-state index is 0.0224. The zero-order valence-electron chi connectivity index (χ0n) is 13.7. The molecule has 0 unspecified atom stereocenters. The maximum absolute atomic E-state index is 11.5. The van der Waals surface area contributed by atoms with Crippen LogP contribution in [-0.2, 0) is 17.9 Å². The van der Waals surface area contributed by atoms with E-state index in [0.717, 1.165) is 22.6 Å². The number of hydrogen-bond donors (Lipinski definition) is 1. The van der Waals surface area contributed by atoms with Gasteiger partial charge in [-0.05, 0) is 24.3 Å². The predicted molar refractivity (Wildman–Crippen MR) is 93.8 cm³/mol. The van der Waals surface area contributed by atoms with Gasteiger partial charge in [-0.25, -0.2) is 4.98 Å². The first-order chi connectivity index (χ1) is 11.8. The Hall–Kier alpha value is -2.82. The minimum atomic E-state index is 0.0224. The number of ether oxygens (including phenoxy) is 1. The summed E-state index contributed by atoms with van der Waals surface area (Å²) in [5.41, 5.74) is 1.98. The van der Waals surface area contributed by atoms with Crippen molar-refractivity contribution < 1.29 is 9.53 Å². The molecule has 1 amide bonds. The Morgan fingerprint density at radius 2 is 1.88 bits per heavy atom. The second kappa shape index (κ2) is 7.64. The minimum Gasteiger partial charge on any atom is -0.492 e. The Morgan fingerprint density at radius 3 is 2.67 bits per heavy atom. The Kier molecular flexibility index (Phi) is 5.11. The average Bonchev–Trinajstić information content (AvgIpc) is 2.98. The van der Waals surface area contributed by atoms with Crippen molar-refractivity contribution in [3.63, 3.8) is 0 Å². The Balaban J connectivity index is 1.75. The largest absolute Gasteiger partial charge is 0.492 e. The van der Waals surface area contributed by atoms with Crippen LogP contribution in [0.3, 0.4) is 0 Å². The smallest absolute Gasteiger partial charge is 0.220 e. The van der Waals surface area contributed by atoms with E-state index in [9.17, 15) is 4.79 Å². The van der Waals surface area contributed by atoms with Gasteiger partial charge in [-0.15, -0.1) is 0 Å². The third kappa shape index (κ3) is 3.74. The fourth-order valence-electron chi connectivity index (χ4n) is 2.58. The summed E-state index contributed by atoms with van der Waals surface area (Å²) in [5.74, 6) is 1.71. The molecule has 0 radical (unpaired) electrons. The number of carbonyl (C=O) groups excluding carboxylic acids is 1. The van der Waals surface area contributed by atoms with Gasteiger partial charge < -0.3 is 14.6 Å². The standard InChI is InChI=1S/C19H21N3O2/c1-2-19(23)20-14-18-21-16-10-6-7-11-17(16)22(18)12-13-24-15-8-4-3-5-9-15/h3-11H,2,12-14H2,1H3,(H,20,23). The van der Waals surface area contributed by atoms with Crippen molar-refractivity contribution in [1.29, 1.82) is 0 Å². The molecule has 3 rings (SSSR count). The first-order valence-corrected chi connectivity index (χ1v) is 8.16. The molecule has 0 aliphatic rings. The quantitative estimate of drug-likeness (QED) is 0.727. The lowest BCUT2D eigenvalue weighted by atomic mass is 10.3. The molecule has 0 saturated carbocycles. The van der Waals surface area contributed by atoms with Gasteiger partial charge in [-0.2, -0.15) is 0 Å². The fourth-order valence-corrected chi connectivity index (χ4v) is 2.58. The average molecular weight is 323 g/mol. The second-order valence-corrected chi connectivity index (χ2v) is 5.46. The van der Waals surface area contributed by atoms with Crippen LogP contribution in [0.2, 0.25) is 0 Å². The van der Waals surface area contributed by atoms with E-state index in [-0.39, 0.29) is 5.91 Å². The molecule has 0 fully saturated rings. The molecular formula is C19H21N3O2. The fraction of sp³-hybridized carbons (Fsp3) is 0.263. The normalized spacial score (nSPS) is 10.7. The van der Waals surface area contributed by atoms with E-state index in [1.54, 1.807) is 0 Å². The van der Waals surface area contributed by atoms with Crippen LogP contribution < -0.4 is 10.1 Å². The van der Waals surface area contributed by atoms with E-state index in [1.165, 1.54) is 0 Å². The van der Waals surface area contributed by atoms with E-state index in [1.807, 2.05) is 61.5 Å². The number of amides is 1. The van der Waals surface area contributed by atoms with Gasteiger partial charge in [0.25, 0.3) is 0 Å². The van der Waals surface area contributed by atoms with E-state index in [2.05, 4.69) is 14.9 Å². The topological polar surface area (TPSA) is 56.2 Å². The number of aromatic nitrogens is 2. The number of carbonyl (C=O) groups is 1. The highest BCUT2D eigenvalue weighted by atomic mass is 16.5. The number of rotatable bonds is 7. The summed E-state index contributed by atoms with van der Waals surface area (Å²) in [7, 11) is 0. The molecule has 24 heavy (non-hydrogen) atoms. The Morgan fingerprint density at radius 1 is 1.12 bits per heavy atom. The van der Waals surface area contributed by atoms with Gasteiger partial charge in [0.05, 0.1) is 24.1 Å². The van der Waals surface area contributed by atoms with Crippen molar-refractivity contribution in [2.24, 2.45) is 0 Å². The molecule has 1 heterocycles. The van der Waals surface area contributed by atoms with Gasteiger partial charge in [-0.3, -0.25) is 4.79 Å². The van der Waals surface area contributed by atoms with Gasteiger partial charge in [0, 0.05) is 6.42 Å². The molecule has 124 valence electrons. The lowest BCUT2D eigenvalue weighted by Gasteiger charge is -2.11. The monoisotopic (exact) mass is 323 g/mol. The predicted octanol–water partition coefficient (Wildman–Crippen LogP) is 3.14. The molecule has 0 aliphatic carbocycles. The Bertz CT molecular complexity index is 812. The zero-order chi connectivity index (χ0) is 16.8. The summed E-state index contributed by atoms with van der Waals surface area (Å²) in [5, 5.41) is 2.90. The summed E-state index contributed by atoms with van der Waals surface area (Å²) in [6.45, 7) is 3.48. The molecular weight excluding hydrogens is 302 g/mol. The van der Waals surface area contributed by atoms with Crippen LogP contribution in [0.25, 0.3) is 11.0 Å². The van der Waals surface area contributed by atoms with E-state index in [0.29, 0.717) is 26.1 Å². The van der Waals surface area contributed by atoms with Crippen LogP contribution in [-0.4, -0.2) is 22.1 Å². The van der Waals surface area contributed by atoms with Crippen LogP contribution in [0.5, 0.6) is 5.75 Å². The second-order valence-electron chi connectivity index (χ2n) is 5.46. The molecule has 2 aromatic carbocycles. The van der Waals surface area contributed by atoms with Gasteiger partial charge >= 0.3 is 0 Å². The summed E-state index contributed by atoms with van der Waals surface area (Å²) in [6.07, 6.45) is 0.470. The molecule has 0 aliphatic heterocycles. The maximum atomic E-state index is 11.5. The highest BCUT2D eigenvalue weighted by Crippen LogP contribution is 2.16. The van der Waals surface area contributed by atoms with Gasteiger partial charge in [-0.1, -0.05) is 37.3 Å². The molecule has 0 atom stereocenters. The molecule has 5 heteroatoms. The lowest BCUT2D eigenvalue weighted by molar-refractivity contribution is -0.120. The SMILES string of the molecule is CCC(=O)NCc1nc2ccccc2n1CCOc1ccccc1. The van der Waals surface area contributed by atoms with Gasteiger partial charge in [0.2, 0.25) is 5.91 Å². The van der Waals surface area contributed by atoms with Crippen molar-refractivity contribution in [1.82, 2.24) is 14.9 Å². The Labute approximate surface area is 141 Å². The number of hydrogen-bond acceptors (Lipinski definition) is 3. The van der Waals surface area contributed by atoms with Crippen LogP contribution in [0.4, 0.5) is 0 Å². The van der Waals surface area contributed by atoms with Crippen LogP contribution in [0.15, 0.2) is 54.6 Å². The van der Waals surface area contributed by atoms with E-state index < -0.39 is 0 Å². The summed E-state index contributed by atoms with van der Waals surface area (Å²) >= 11 is 0. The summed E-state index contributed by atoms with van der Waals surface area (Å²) in [4.78, 5) is 16.2. The van der Waals surface area contributed by atoms with Gasteiger partial charge in [0.15, 0.2) is 0 Å². The molecule has 0 bridgehead atoms. The molecule has 0 saturated heterocycles. The molecule has 3 aromatic rings. The summed E-state index contributed by atoms with van der Waals surface area (Å²) < 4.78 is 7.90. The molecule has 5 nitrogen and oxygen atoms in total. The van der Waals surface area contributed by atoms with Crippen molar-refractivity contribution in [2.45, 2.75) is 26.4 Å². The number of nitrogens with zero attached hydrogens (tertiary/aromatic N) is 2. The summed E-state index contributed by atoms with van der Waals surface area (Å²) in [6, 6.07) is 17.7. The molecule has 1 aromatic heterocycles. The number of para-hydroxylation sites is 3. The lowest BCUT2D eigenvalue weighted by Crippen LogP contribution is -2.24. The van der Waals surface area contributed by atoms with Crippen LogP contribution in [0, 0.1) is 0 Å². The third-order valence-corrected chi connectivity index (χ3v) is 3.83. The van der Waals surface area contributed by atoms with Crippen LogP contribution in [0.1, 0.15) is 19.2 Å². The van der Waals surface area contributed by atoms with Crippen molar-refractivity contribution in [2.75, 3.05) is 6.61 Å². The highest BCUT2D eigenvalue weighted by molar-refractivity contribution is 5.77. The van der Waals surface area contributed by atoms with Crippen molar-refractivity contribution >= 4 is 16.9 Å². The number of nitrogens with one attached hydrogen (secondary N) is 1. The van der Waals surface area contributed by atoms with Crippen LogP contribution >= 0.6 is 0 Å². The zero-order valence-corrected chi connectivity index (χ0v) is 13.7. The van der Waals surface area contributed by atoms with Crippen molar-refractivity contribution in [3.8, 4) is 5.75 Å². The van der Waals surface area contributed by atoms with Crippen molar-refractivity contribution in [3.05, 3.63) is 60.4 Å². The molecule has 0 spiro atoms. The molecule has 1 N–H and O–H groups in total. The first kappa shape index (κ1) is 16.1. The van der Waals surface area contributed by atoms with Gasteiger partial charge in [0.1, 0.15) is 18.2 Å². The first-order valence-electron chi connectivity index (χ1n) is 8.16. The maximum Gasteiger partial charge on any atom is 0.220 e. The highest BCUT2D eigenvalue weighted by Gasteiger charge is 2.11. The number of benzene rings is 2. The third-order valence-electron chi connectivity index (χ3n) is 3.83.